The number of hydrogen-bond donors (Lipinski definition) is 2. The third-order valence-electron chi connectivity index (χ3n) is 6.05. The lowest BCUT2D eigenvalue weighted by atomic mass is 10.1. The first-order valence-corrected chi connectivity index (χ1v) is 11.3. The number of hydrogen-bond acceptors (Lipinski definition) is 7. The number of anilines is 1. The van der Waals surface area contributed by atoms with Crippen LogP contribution in [0.25, 0.3) is 6.08 Å². The van der Waals surface area contributed by atoms with Crippen LogP contribution in [-0.2, 0) is 4.79 Å². The van der Waals surface area contributed by atoms with E-state index in [1.807, 2.05) is 18.2 Å². The van der Waals surface area contributed by atoms with Crippen LogP contribution in [0.4, 0.5) is 10.5 Å². The smallest absolute Gasteiger partial charge is 0.329 e. The average molecular weight is 467 g/mol. The number of para-hydroxylation sites is 2. The summed E-state index contributed by atoms with van der Waals surface area (Å²) in [5.41, 5.74) is 1.92. The Kier molecular flexibility index (Phi) is 7.34. The molecule has 9 nitrogen and oxygen atoms in total. The maximum absolute atomic E-state index is 12.9. The van der Waals surface area contributed by atoms with E-state index in [2.05, 4.69) is 27.2 Å². The number of aliphatic hydroxyl groups excluding tert-OH is 1. The van der Waals surface area contributed by atoms with E-state index in [-0.39, 0.29) is 12.2 Å². The van der Waals surface area contributed by atoms with Crippen molar-refractivity contribution < 1.29 is 24.2 Å². The first-order chi connectivity index (χ1) is 16.5. The molecule has 0 saturated carbocycles. The number of piperazine rings is 1. The standard InChI is InChI=1S/C25H30N4O5/c1-33-22-10-6-7-18(23(22)34-2)15-21-24(31)29(25(32)26-21)17-20(30)16-27-11-13-28(14-12-27)19-8-4-3-5-9-19/h3-10,15,20,30H,11-14,16-17H2,1-2H3,(H,26,32)/b21-15-. The molecule has 1 unspecified atom stereocenters. The van der Waals surface area contributed by atoms with Gasteiger partial charge in [0.05, 0.1) is 26.9 Å². The minimum Gasteiger partial charge on any atom is -0.493 e. The number of aliphatic hydroxyl groups is 1. The van der Waals surface area contributed by atoms with E-state index in [4.69, 9.17) is 9.47 Å². The fraction of sp³-hybridized carbons (Fsp3) is 0.360. The summed E-state index contributed by atoms with van der Waals surface area (Å²) in [6.07, 6.45) is 0.709. The second-order valence-corrected chi connectivity index (χ2v) is 8.26. The topological polar surface area (TPSA) is 94.6 Å². The summed E-state index contributed by atoms with van der Waals surface area (Å²) in [5, 5.41) is 13.2. The van der Waals surface area contributed by atoms with Crippen LogP contribution in [0.15, 0.2) is 54.2 Å². The van der Waals surface area contributed by atoms with Crippen LogP contribution >= 0.6 is 0 Å². The minimum absolute atomic E-state index is 0.0733. The number of methoxy groups -OCH3 is 2. The molecule has 2 N–H and O–H groups in total. The first-order valence-electron chi connectivity index (χ1n) is 11.3. The Hall–Kier alpha value is -3.56. The number of amides is 3. The van der Waals surface area contributed by atoms with Crippen LogP contribution in [0.3, 0.4) is 0 Å². The number of urea groups is 1. The highest BCUT2D eigenvalue weighted by Gasteiger charge is 2.35. The molecule has 4 rings (SSSR count). The molecular formula is C25H30N4O5. The van der Waals surface area contributed by atoms with E-state index in [1.54, 1.807) is 24.3 Å². The van der Waals surface area contributed by atoms with Crippen molar-refractivity contribution in [2.45, 2.75) is 6.10 Å². The van der Waals surface area contributed by atoms with Gasteiger partial charge in [-0.3, -0.25) is 14.6 Å². The molecule has 2 saturated heterocycles. The highest BCUT2D eigenvalue weighted by molar-refractivity contribution is 6.14. The second kappa shape index (κ2) is 10.6. The van der Waals surface area contributed by atoms with E-state index in [0.29, 0.717) is 23.6 Å². The van der Waals surface area contributed by atoms with E-state index in [0.717, 1.165) is 31.1 Å². The molecule has 0 radical (unpaired) electrons. The van der Waals surface area contributed by atoms with E-state index >= 15 is 0 Å². The quantitative estimate of drug-likeness (QED) is 0.452. The van der Waals surface area contributed by atoms with Gasteiger partial charge in [-0.1, -0.05) is 30.3 Å². The zero-order valence-corrected chi connectivity index (χ0v) is 19.4. The van der Waals surface area contributed by atoms with Gasteiger partial charge in [0.25, 0.3) is 5.91 Å². The SMILES string of the molecule is COc1cccc(/C=C2\NC(=O)N(CC(O)CN3CCN(c4ccccc4)CC3)C2=O)c1OC. The van der Waals surface area contributed by atoms with E-state index < -0.39 is 18.0 Å². The van der Waals surface area contributed by atoms with E-state index in [9.17, 15) is 14.7 Å². The van der Waals surface area contributed by atoms with Crippen molar-refractivity contribution in [3.8, 4) is 11.5 Å². The van der Waals surface area contributed by atoms with Crippen LogP contribution in [0.2, 0.25) is 0 Å². The molecule has 2 aliphatic heterocycles. The molecule has 0 aromatic heterocycles. The van der Waals surface area contributed by atoms with Crippen molar-refractivity contribution in [2.24, 2.45) is 0 Å². The molecule has 2 aromatic rings. The summed E-state index contributed by atoms with van der Waals surface area (Å²) < 4.78 is 10.7. The van der Waals surface area contributed by atoms with Crippen LogP contribution in [0.1, 0.15) is 5.56 Å². The predicted octanol–water partition coefficient (Wildman–Crippen LogP) is 1.78. The van der Waals surface area contributed by atoms with Gasteiger partial charge in [-0.2, -0.15) is 0 Å². The third kappa shape index (κ3) is 5.16. The molecule has 34 heavy (non-hydrogen) atoms. The number of carbonyl (C=O) groups excluding carboxylic acids is 2. The second-order valence-electron chi connectivity index (χ2n) is 8.26. The lowest BCUT2D eigenvalue weighted by molar-refractivity contribution is -0.124. The number of rotatable bonds is 8. The first kappa shape index (κ1) is 23.6. The number of nitrogens with zero attached hydrogens (tertiary/aromatic N) is 3. The minimum atomic E-state index is -0.844. The Labute approximate surface area is 199 Å². The van der Waals surface area contributed by atoms with Gasteiger partial charge in [-0.05, 0) is 24.3 Å². The van der Waals surface area contributed by atoms with Gasteiger partial charge in [0.15, 0.2) is 11.5 Å². The lowest BCUT2D eigenvalue weighted by Crippen LogP contribution is -2.50. The zero-order chi connectivity index (χ0) is 24.1. The summed E-state index contributed by atoms with van der Waals surface area (Å²) in [5.74, 6) is 0.503. The van der Waals surface area contributed by atoms with Crippen LogP contribution in [0, 0.1) is 0 Å². The van der Waals surface area contributed by atoms with Gasteiger partial charge in [0.2, 0.25) is 0 Å². The summed E-state index contributed by atoms with van der Waals surface area (Å²) in [6.45, 7) is 3.63. The molecule has 0 aliphatic carbocycles. The molecule has 0 bridgehead atoms. The van der Waals surface area contributed by atoms with Crippen molar-refractivity contribution >= 4 is 23.7 Å². The highest BCUT2D eigenvalue weighted by Crippen LogP contribution is 2.32. The molecule has 2 heterocycles. The number of benzene rings is 2. The van der Waals surface area contributed by atoms with Crippen LogP contribution in [-0.4, -0.2) is 86.4 Å². The van der Waals surface area contributed by atoms with Gasteiger partial charge >= 0.3 is 6.03 Å². The molecule has 2 fully saturated rings. The largest absolute Gasteiger partial charge is 0.493 e. The van der Waals surface area contributed by atoms with Crippen LogP contribution in [0.5, 0.6) is 11.5 Å². The molecule has 2 aromatic carbocycles. The fourth-order valence-corrected chi connectivity index (χ4v) is 4.31. The number of imide groups is 1. The Morgan fingerprint density at radius 1 is 0.971 bits per heavy atom. The van der Waals surface area contributed by atoms with Gasteiger partial charge in [-0.15, -0.1) is 0 Å². The van der Waals surface area contributed by atoms with Crippen molar-refractivity contribution in [1.82, 2.24) is 15.1 Å². The van der Waals surface area contributed by atoms with Crippen molar-refractivity contribution in [3.63, 3.8) is 0 Å². The molecule has 9 heteroatoms. The molecule has 1 atom stereocenters. The van der Waals surface area contributed by atoms with Gasteiger partial charge in [0.1, 0.15) is 5.70 Å². The van der Waals surface area contributed by atoms with Gasteiger partial charge < -0.3 is 24.8 Å². The third-order valence-corrected chi connectivity index (χ3v) is 6.05. The average Bonchev–Trinajstić information content (AvgIpc) is 3.12. The normalized spacial score (nSPS) is 18.9. The van der Waals surface area contributed by atoms with Crippen molar-refractivity contribution in [2.75, 3.05) is 58.4 Å². The van der Waals surface area contributed by atoms with Crippen molar-refractivity contribution in [1.29, 1.82) is 0 Å². The molecule has 0 spiro atoms. The maximum Gasteiger partial charge on any atom is 0.329 e. The molecule has 3 amide bonds. The summed E-state index contributed by atoms with van der Waals surface area (Å²) in [7, 11) is 3.04. The predicted molar refractivity (Wildman–Crippen MR) is 129 cm³/mol. The van der Waals surface area contributed by atoms with Crippen molar-refractivity contribution in [3.05, 3.63) is 59.8 Å². The van der Waals surface area contributed by atoms with Crippen LogP contribution < -0.4 is 19.7 Å². The maximum atomic E-state index is 12.9. The number of carbonyl (C=O) groups is 2. The number of nitrogens with one attached hydrogen (secondary N) is 1. The van der Waals surface area contributed by atoms with E-state index in [1.165, 1.54) is 19.9 Å². The Morgan fingerprint density at radius 2 is 1.71 bits per heavy atom. The monoisotopic (exact) mass is 466 g/mol. The number of β-amino-alcohol motifs (C(OH)–C–C–N with tert-alkyl or cyclic N) is 1. The fourth-order valence-electron chi connectivity index (χ4n) is 4.31. The van der Waals surface area contributed by atoms with Gasteiger partial charge in [-0.25, -0.2) is 4.79 Å². The summed E-state index contributed by atoms with van der Waals surface area (Å²) >= 11 is 0. The molecule has 180 valence electrons. The summed E-state index contributed by atoms with van der Waals surface area (Å²) in [4.78, 5) is 30.8. The highest BCUT2D eigenvalue weighted by atomic mass is 16.5. The Morgan fingerprint density at radius 3 is 2.38 bits per heavy atom. The Balaban J connectivity index is 1.34. The summed E-state index contributed by atoms with van der Waals surface area (Å²) in [6, 6.07) is 15.0. The lowest BCUT2D eigenvalue weighted by Gasteiger charge is -2.37. The Bertz CT molecular complexity index is 1050. The molecule has 2 aliphatic rings. The van der Waals surface area contributed by atoms with Gasteiger partial charge in [0, 0.05) is 44.0 Å². The number of ether oxygens (including phenoxy) is 2. The zero-order valence-electron chi connectivity index (χ0n) is 19.4. The molecular weight excluding hydrogens is 436 g/mol.